The molecule has 0 bridgehead atoms. The van der Waals surface area contributed by atoms with Crippen LogP contribution in [-0.4, -0.2) is 29.2 Å². The van der Waals surface area contributed by atoms with E-state index < -0.39 is 0 Å². The number of anilines is 1. The normalized spacial score (nSPS) is 11.8. The minimum atomic E-state index is -0.312. The molecule has 0 fully saturated rings. The zero-order valence-electron chi connectivity index (χ0n) is 11.4. The molecule has 20 heavy (non-hydrogen) atoms. The molecule has 0 spiro atoms. The largest absolute Gasteiger partial charge is 0.467 e. The SMILES string of the molecule is COc1nc(NC(C)c2ccccc2F)nc(OC)n1. The molecule has 6 nitrogen and oxygen atoms in total. The Kier molecular flexibility index (Phi) is 4.29. The van der Waals surface area contributed by atoms with Crippen LogP contribution in [0.5, 0.6) is 12.0 Å². The van der Waals surface area contributed by atoms with E-state index in [2.05, 4.69) is 20.3 Å². The number of nitrogens with zero attached hydrogens (tertiary/aromatic N) is 3. The van der Waals surface area contributed by atoms with Crippen LogP contribution in [0.15, 0.2) is 24.3 Å². The predicted molar refractivity (Wildman–Crippen MR) is 71.4 cm³/mol. The summed E-state index contributed by atoms with van der Waals surface area (Å²) in [6.45, 7) is 1.81. The number of rotatable bonds is 5. The molecule has 2 rings (SSSR count). The van der Waals surface area contributed by atoms with Crippen molar-refractivity contribution in [3.8, 4) is 12.0 Å². The average Bonchev–Trinajstić information content (AvgIpc) is 2.47. The molecule has 0 radical (unpaired) electrons. The van der Waals surface area contributed by atoms with Crippen LogP contribution in [0, 0.1) is 5.82 Å². The van der Waals surface area contributed by atoms with Gasteiger partial charge in [-0.05, 0) is 13.0 Å². The second-order valence-corrected chi connectivity index (χ2v) is 4.02. The second-order valence-electron chi connectivity index (χ2n) is 4.02. The summed E-state index contributed by atoms with van der Waals surface area (Å²) in [6, 6.07) is 6.45. The van der Waals surface area contributed by atoms with E-state index in [0.29, 0.717) is 5.56 Å². The number of nitrogens with one attached hydrogen (secondary N) is 1. The van der Waals surface area contributed by atoms with Gasteiger partial charge in [-0.15, -0.1) is 4.98 Å². The van der Waals surface area contributed by atoms with Crippen LogP contribution < -0.4 is 14.8 Å². The number of methoxy groups -OCH3 is 2. The number of benzene rings is 1. The van der Waals surface area contributed by atoms with Crippen LogP contribution >= 0.6 is 0 Å². The molecular formula is C13H15FN4O2. The minimum absolute atomic E-state index is 0.125. The van der Waals surface area contributed by atoms with Gasteiger partial charge in [0.2, 0.25) is 5.95 Å². The first kappa shape index (κ1) is 14.0. The highest BCUT2D eigenvalue weighted by Gasteiger charge is 2.13. The molecule has 0 aliphatic heterocycles. The van der Waals surface area contributed by atoms with E-state index in [1.54, 1.807) is 25.1 Å². The van der Waals surface area contributed by atoms with E-state index >= 15 is 0 Å². The highest BCUT2D eigenvalue weighted by Crippen LogP contribution is 2.21. The van der Waals surface area contributed by atoms with E-state index in [1.165, 1.54) is 20.3 Å². The Hall–Kier alpha value is -2.44. The standard InChI is InChI=1S/C13H15FN4O2/c1-8(9-6-4-5-7-10(9)14)15-11-16-12(19-2)18-13(17-11)20-3/h4-8H,1-3H3,(H,15,16,17,18). The topological polar surface area (TPSA) is 69.2 Å². The lowest BCUT2D eigenvalue weighted by Crippen LogP contribution is -2.12. The lowest BCUT2D eigenvalue weighted by molar-refractivity contribution is 0.341. The lowest BCUT2D eigenvalue weighted by Gasteiger charge is -2.15. The smallest absolute Gasteiger partial charge is 0.324 e. The van der Waals surface area contributed by atoms with Gasteiger partial charge < -0.3 is 14.8 Å². The van der Waals surface area contributed by atoms with Crippen LogP contribution in [-0.2, 0) is 0 Å². The van der Waals surface area contributed by atoms with E-state index in [1.807, 2.05) is 0 Å². The van der Waals surface area contributed by atoms with Gasteiger partial charge in [0.1, 0.15) is 5.82 Å². The summed E-state index contributed by atoms with van der Waals surface area (Å²) in [7, 11) is 2.89. The van der Waals surface area contributed by atoms with Crippen LogP contribution in [0.1, 0.15) is 18.5 Å². The molecule has 7 heteroatoms. The molecule has 1 N–H and O–H groups in total. The summed E-state index contributed by atoms with van der Waals surface area (Å²) < 4.78 is 23.6. The highest BCUT2D eigenvalue weighted by molar-refractivity contribution is 5.33. The summed E-state index contributed by atoms with van der Waals surface area (Å²) in [5.41, 5.74) is 0.519. The Morgan fingerprint density at radius 3 is 2.20 bits per heavy atom. The van der Waals surface area contributed by atoms with Crippen molar-refractivity contribution < 1.29 is 13.9 Å². The molecule has 0 aliphatic rings. The Balaban J connectivity index is 2.23. The molecule has 2 aromatic rings. The maximum Gasteiger partial charge on any atom is 0.324 e. The fraction of sp³-hybridized carbons (Fsp3) is 0.308. The molecule has 0 saturated heterocycles. The number of aromatic nitrogens is 3. The van der Waals surface area contributed by atoms with Gasteiger partial charge in [-0.3, -0.25) is 0 Å². The molecule has 1 heterocycles. The fourth-order valence-electron chi connectivity index (χ4n) is 1.68. The monoisotopic (exact) mass is 278 g/mol. The Bertz CT molecular complexity index is 572. The summed E-state index contributed by atoms with van der Waals surface area (Å²) in [6.07, 6.45) is 0. The third-order valence-electron chi connectivity index (χ3n) is 2.68. The zero-order valence-corrected chi connectivity index (χ0v) is 11.4. The summed E-state index contributed by atoms with van der Waals surface area (Å²) >= 11 is 0. The van der Waals surface area contributed by atoms with Gasteiger partial charge in [0.15, 0.2) is 0 Å². The van der Waals surface area contributed by atoms with Crippen molar-refractivity contribution in [1.82, 2.24) is 15.0 Å². The summed E-state index contributed by atoms with van der Waals surface area (Å²) in [5.74, 6) is -0.0371. The van der Waals surface area contributed by atoms with Crippen molar-refractivity contribution in [3.05, 3.63) is 35.6 Å². The molecule has 1 aromatic carbocycles. The van der Waals surface area contributed by atoms with Gasteiger partial charge in [-0.2, -0.15) is 9.97 Å². The van der Waals surface area contributed by atoms with Crippen LogP contribution in [0.3, 0.4) is 0 Å². The Morgan fingerprint density at radius 2 is 1.65 bits per heavy atom. The van der Waals surface area contributed by atoms with Gasteiger partial charge >= 0.3 is 12.0 Å². The third kappa shape index (κ3) is 3.11. The molecule has 0 aliphatic carbocycles. The molecule has 0 saturated carbocycles. The zero-order chi connectivity index (χ0) is 14.5. The average molecular weight is 278 g/mol. The third-order valence-corrected chi connectivity index (χ3v) is 2.68. The van der Waals surface area contributed by atoms with E-state index in [4.69, 9.17) is 9.47 Å². The van der Waals surface area contributed by atoms with Crippen molar-refractivity contribution in [3.63, 3.8) is 0 Å². The van der Waals surface area contributed by atoms with Crippen molar-refractivity contribution >= 4 is 5.95 Å². The fourth-order valence-corrected chi connectivity index (χ4v) is 1.68. The van der Waals surface area contributed by atoms with E-state index in [0.717, 1.165) is 0 Å². The van der Waals surface area contributed by atoms with Crippen molar-refractivity contribution in [2.75, 3.05) is 19.5 Å². The molecular weight excluding hydrogens is 263 g/mol. The van der Waals surface area contributed by atoms with Crippen LogP contribution in [0.4, 0.5) is 10.3 Å². The van der Waals surface area contributed by atoms with Crippen molar-refractivity contribution in [2.24, 2.45) is 0 Å². The Morgan fingerprint density at radius 1 is 1.05 bits per heavy atom. The molecule has 1 atom stereocenters. The van der Waals surface area contributed by atoms with Crippen molar-refractivity contribution in [1.29, 1.82) is 0 Å². The number of halogens is 1. The predicted octanol–water partition coefficient (Wildman–Crippen LogP) is 2.20. The molecule has 1 aromatic heterocycles. The first-order valence-electron chi connectivity index (χ1n) is 5.99. The first-order valence-corrected chi connectivity index (χ1v) is 5.99. The van der Waals surface area contributed by atoms with Gasteiger partial charge in [0.25, 0.3) is 0 Å². The molecule has 0 amide bonds. The van der Waals surface area contributed by atoms with Gasteiger partial charge in [0, 0.05) is 5.56 Å². The van der Waals surface area contributed by atoms with Gasteiger partial charge in [-0.1, -0.05) is 18.2 Å². The Labute approximate surface area is 116 Å². The second kappa shape index (κ2) is 6.14. The molecule has 1 unspecified atom stereocenters. The molecule has 106 valence electrons. The number of ether oxygens (including phenoxy) is 2. The lowest BCUT2D eigenvalue weighted by atomic mass is 10.1. The summed E-state index contributed by atoms with van der Waals surface area (Å²) in [5, 5.41) is 2.99. The number of hydrogen-bond donors (Lipinski definition) is 1. The van der Waals surface area contributed by atoms with Crippen molar-refractivity contribution in [2.45, 2.75) is 13.0 Å². The summed E-state index contributed by atoms with van der Waals surface area (Å²) in [4.78, 5) is 12.0. The number of hydrogen-bond acceptors (Lipinski definition) is 6. The minimum Gasteiger partial charge on any atom is -0.467 e. The van der Waals surface area contributed by atoms with E-state index in [-0.39, 0.29) is 29.8 Å². The van der Waals surface area contributed by atoms with Gasteiger partial charge in [-0.25, -0.2) is 4.39 Å². The quantitative estimate of drug-likeness (QED) is 0.904. The first-order chi connectivity index (χ1) is 9.63. The maximum absolute atomic E-state index is 13.7. The maximum atomic E-state index is 13.7. The van der Waals surface area contributed by atoms with E-state index in [9.17, 15) is 4.39 Å². The van der Waals surface area contributed by atoms with Crippen LogP contribution in [0.2, 0.25) is 0 Å². The van der Waals surface area contributed by atoms with Crippen LogP contribution in [0.25, 0.3) is 0 Å². The van der Waals surface area contributed by atoms with Gasteiger partial charge in [0.05, 0.1) is 20.3 Å². The highest BCUT2D eigenvalue weighted by atomic mass is 19.1.